The second-order valence-corrected chi connectivity index (χ2v) is 8.31. The first kappa shape index (κ1) is 20.6. The summed E-state index contributed by atoms with van der Waals surface area (Å²) >= 11 is 5.94. The van der Waals surface area contributed by atoms with Crippen LogP contribution in [0.4, 0.5) is 0 Å². The maximum atomic E-state index is 12.9. The van der Waals surface area contributed by atoms with Gasteiger partial charge in [0, 0.05) is 43.3 Å². The van der Waals surface area contributed by atoms with Crippen molar-refractivity contribution in [2.75, 3.05) is 19.6 Å². The molecule has 2 atom stereocenters. The number of hydrogen-bond acceptors (Lipinski definition) is 4. The normalized spacial score (nSPS) is 18.5. The molecule has 2 heterocycles. The van der Waals surface area contributed by atoms with Gasteiger partial charge in [0.2, 0.25) is 0 Å². The van der Waals surface area contributed by atoms with E-state index in [2.05, 4.69) is 18.7 Å². The van der Waals surface area contributed by atoms with Crippen molar-refractivity contribution in [3.8, 4) is 0 Å². The average molecular weight is 425 g/mol. The van der Waals surface area contributed by atoms with Crippen LogP contribution < -0.4 is 5.56 Å². The third kappa shape index (κ3) is 3.73. The van der Waals surface area contributed by atoms with E-state index < -0.39 is 0 Å². The zero-order chi connectivity index (χ0) is 21.4. The molecule has 7 heteroatoms. The van der Waals surface area contributed by atoms with E-state index in [0.29, 0.717) is 41.1 Å². The fourth-order valence-electron chi connectivity index (χ4n) is 4.17. The van der Waals surface area contributed by atoms with Gasteiger partial charge in [-0.2, -0.15) is 0 Å². The molecule has 2 aromatic carbocycles. The van der Waals surface area contributed by atoms with Gasteiger partial charge in [-0.15, -0.1) is 0 Å². The number of benzene rings is 2. The predicted molar refractivity (Wildman–Crippen MR) is 119 cm³/mol. The lowest BCUT2D eigenvalue weighted by atomic mass is 10.1. The van der Waals surface area contributed by atoms with Crippen LogP contribution in [-0.2, 0) is 7.05 Å². The van der Waals surface area contributed by atoms with E-state index in [0.717, 1.165) is 5.82 Å². The summed E-state index contributed by atoms with van der Waals surface area (Å²) in [5.74, 6) is 0.756. The number of halogens is 1. The Labute approximate surface area is 180 Å². The first-order valence-corrected chi connectivity index (χ1v) is 10.5. The SMILES string of the molecule is CC(c1nc2ccccc2c(=O)n1C)N1CCN(C(=O)c2ccc(Cl)cc2)C(C)C1. The number of amides is 1. The zero-order valence-corrected chi connectivity index (χ0v) is 18.1. The Hall–Kier alpha value is -2.70. The van der Waals surface area contributed by atoms with Gasteiger partial charge in [0.1, 0.15) is 5.82 Å². The summed E-state index contributed by atoms with van der Waals surface area (Å²) in [6.45, 7) is 6.17. The number of rotatable bonds is 3. The van der Waals surface area contributed by atoms with E-state index in [9.17, 15) is 9.59 Å². The number of carbonyl (C=O) groups excluding carboxylic acids is 1. The summed E-state index contributed by atoms with van der Waals surface area (Å²) in [7, 11) is 1.78. The van der Waals surface area contributed by atoms with Gasteiger partial charge in [0.05, 0.1) is 16.9 Å². The molecule has 0 spiro atoms. The lowest BCUT2D eigenvalue weighted by Crippen LogP contribution is -2.54. The molecule has 3 aromatic rings. The summed E-state index contributed by atoms with van der Waals surface area (Å²) in [4.78, 5) is 34.6. The molecule has 4 rings (SSSR count). The molecule has 0 radical (unpaired) electrons. The highest BCUT2D eigenvalue weighted by Gasteiger charge is 2.31. The largest absolute Gasteiger partial charge is 0.333 e. The molecule has 0 saturated carbocycles. The van der Waals surface area contributed by atoms with Crippen molar-refractivity contribution in [1.29, 1.82) is 0 Å². The second-order valence-electron chi connectivity index (χ2n) is 7.88. The van der Waals surface area contributed by atoms with Crippen molar-refractivity contribution in [2.45, 2.75) is 25.9 Å². The van der Waals surface area contributed by atoms with Crippen molar-refractivity contribution in [3.05, 3.63) is 75.3 Å². The van der Waals surface area contributed by atoms with Crippen LogP contribution in [0.25, 0.3) is 10.9 Å². The van der Waals surface area contributed by atoms with E-state index in [1.54, 1.807) is 35.9 Å². The highest BCUT2D eigenvalue weighted by molar-refractivity contribution is 6.30. The van der Waals surface area contributed by atoms with Crippen LogP contribution in [0.1, 0.15) is 36.1 Å². The van der Waals surface area contributed by atoms with Crippen LogP contribution in [0.5, 0.6) is 0 Å². The first-order valence-electron chi connectivity index (χ1n) is 10.1. The summed E-state index contributed by atoms with van der Waals surface area (Å²) in [6.07, 6.45) is 0. The smallest absolute Gasteiger partial charge is 0.261 e. The zero-order valence-electron chi connectivity index (χ0n) is 17.4. The Kier molecular flexibility index (Phi) is 5.62. The first-order chi connectivity index (χ1) is 14.4. The van der Waals surface area contributed by atoms with E-state index >= 15 is 0 Å². The van der Waals surface area contributed by atoms with Gasteiger partial charge in [0.15, 0.2) is 0 Å². The summed E-state index contributed by atoms with van der Waals surface area (Å²) in [5.41, 5.74) is 1.32. The van der Waals surface area contributed by atoms with Crippen molar-refractivity contribution >= 4 is 28.4 Å². The second kappa shape index (κ2) is 8.20. The molecule has 156 valence electrons. The van der Waals surface area contributed by atoms with E-state index in [1.165, 1.54) is 0 Å². The molecule has 1 fully saturated rings. The summed E-state index contributed by atoms with van der Waals surface area (Å²) in [5, 5.41) is 1.24. The summed E-state index contributed by atoms with van der Waals surface area (Å²) in [6, 6.07) is 14.4. The minimum Gasteiger partial charge on any atom is -0.333 e. The van der Waals surface area contributed by atoms with Gasteiger partial charge in [-0.05, 0) is 50.2 Å². The van der Waals surface area contributed by atoms with E-state index in [4.69, 9.17) is 16.6 Å². The van der Waals surface area contributed by atoms with Gasteiger partial charge in [0.25, 0.3) is 11.5 Å². The molecular weight excluding hydrogens is 400 g/mol. The number of piperazine rings is 1. The molecule has 0 bridgehead atoms. The fraction of sp³-hybridized carbons (Fsp3) is 0.348. The van der Waals surface area contributed by atoms with Crippen molar-refractivity contribution in [1.82, 2.24) is 19.4 Å². The molecule has 1 aromatic heterocycles. The standard InChI is InChI=1S/C23H25ClN4O2/c1-15-14-27(12-13-28(15)22(29)17-8-10-18(24)11-9-17)16(2)21-25-20-7-5-4-6-19(20)23(30)26(21)3/h4-11,15-16H,12-14H2,1-3H3. The van der Waals surface area contributed by atoms with Crippen LogP contribution in [0.15, 0.2) is 53.3 Å². The van der Waals surface area contributed by atoms with Gasteiger partial charge < -0.3 is 4.90 Å². The summed E-state index contributed by atoms with van der Waals surface area (Å²) < 4.78 is 1.64. The number of fused-ring (bicyclic) bond motifs is 1. The Balaban J connectivity index is 1.54. The van der Waals surface area contributed by atoms with Crippen LogP contribution in [0.2, 0.25) is 5.02 Å². The van der Waals surface area contributed by atoms with Crippen molar-refractivity contribution in [2.24, 2.45) is 7.05 Å². The number of nitrogens with zero attached hydrogens (tertiary/aromatic N) is 4. The Bertz CT molecular complexity index is 1140. The maximum absolute atomic E-state index is 12.9. The molecule has 1 aliphatic heterocycles. The third-order valence-corrected chi connectivity index (χ3v) is 6.20. The predicted octanol–water partition coefficient (Wildman–Crippen LogP) is 3.49. The molecule has 6 nitrogen and oxygen atoms in total. The number of hydrogen-bond donors (Lipinski definition) is 0. The van der Waals surface area contributed by atoms with Crippen LogP contribution >= 0.6 is 11.6 Å². The van der Waals surface area contributed by atoms with Gasteiger partial charge >= 0.3 is 0 Å². The monoisotopic (exact) mass is 424 g/mol. The lowest BCUT2D eigenvalue weighted by molar-refractivity contribution is 0.0392. The maximum Gasteiger partial charge on any atom is 0.261 e. The van der Waals surface area contributed by atoms with Crippen molar-refractivity contribution < 1.29 is 4.79 Å². The molecule has 1 saturated heterocycles. The Morgan fingerprint density at radius 2 is 1.83 bits per heavy atom. The number of para-hydroxylation sites is 1. The fourth-order valence-corrected chi connectivity index (χ4v) is 4.30. The average Bonchev–Trinajstić information content (AvgIpc) is 2.76. The van der Waals surface area contributed by atoms with Crippen LogP contribution in [0.3, 0.4) is 0 Å². The molecule has 0 aliphatic carbocycles. The minimum absolute atomic E-state index is 0.0164. The minimum atomic E-state index is -0.0393. The Morgan fingerprint density at radius 3 is 2.53 bits per heavy atom. The van der Waals surface area contributed by atoms with Crippen molar-refractivity contribution in [3.63, 3.8) is 0 Å². The van der Waals surface area contributed by atoms with Gasteiger partial charge in [-0.3, -0.25) is 19.1 Å². The number of carbonyl (C=O) groups is 1. The Morgan fingerprint density at radius 1 is 1.13 bits per heavy atom. The molecule has 1 aliphatic rings. The lowest BCUT2D eigenvalue weighted by Gasteiger charge is -2.42. The molecule has 2 unspecified atom stereocenters. The third-order valence-electron chi connectivity index (χ3n) is 5.95. The van der Waals surface area contributed by atoms with Crippen LogP contribution in [0, 0.1) is 0 Å². The molecular formula is C23H25ClN4O2. The van der Waals surface area contributed by atoms with Gasteiger partial charge in [-0.1, -0.05) is 23.7 Å². The molecule has 30 heavy (non-hydrogen) atoms. The highest BCUT2D eigenvalue weighted by Crippen LogP contribution is 2.24. The van der Waals surface area contributed by atoms with Crippen LogP contribution in [-0.4, -0.2) is 50.9 Å². The van der Waals surface area contributed by atoms with E-state index in [1.807, 2.05) is 29.2 Å². The quantitative estimate of drug-likeness (QED) is 0.645. The highest BCUT2D eigenvalue weighted by atomic mass is 35.5. The van der Waals surface area contributed by atoms with E-state index in [-0.39, 0.29) is 23.6 Å². The van der Waals surface area contributed by atoms with Gasteiger partial charge in [-0.25, -0.2) is 4.98 Å². The number of aromatic nitrogens is 2. The molecule has 0 N–H and O–H groups in total. The topological polar surface area (TPSA) is 58.4 Å². The molecule has 1 amide bonds.